The summed E-state index contributed by atoms with van der Waals surface area (Å²) in [5, 5.41) is 9.55. The molecule has 3 nitrogen and oxygen atoms in total. The SMILES string of the molecule is COC(=O)c1ccccc1CSC(C)C(C)O. The minimum atomic E-state index is -0.356. The van der Waals surface area contributed by atoms with Crippen molar-refractivity contribution < 1.29 is 14.6 Å². The number of esters is 1. The Labute approximate surface area is 106 Å². The molecule has 0 aliphatic rings. The normalized spacial score (nSPS) is 14.1. The average Bonchev–Trinajstić information content (AvgIpc) is 2.35. The fraction of sp³-hybridized carbons (Fsp3) is 0.462. The van der Waals surface area contributed by atoms with E-state index in [1.807, 2.05) is 25.1 Å². The van der Waals surface area contributed by atoms with Crippen LogP contribution in [-0.4, -0.2) is 29.5 Å². The zero-order chi connectivity index (χ0) is 12.8. The second kappa shape index (κ2) is 6.67. The van der Waals surface area contributed by atoms with Gasteiger partial charge in [-0.15, -0.1) is 0 Å². The predicted octanol–water partition coefficient (Wildman–Crippen LogP) is 2.48. The van der Waals surface area contributed by atoms with Crippen molar-refractivity contribution in [2.24, 2.45) is 0 Å². The molecule has 1 aromatic rings. The van der Waals surface area contributed by atoms with Crippen molar-refractivity contribution in [3.63, 3.8) is 0 Å². The molecule has 0 aliphatic heterocycles. The van der Waals surface area contributed by atoms with Crippen molar-refractivity contribution >= 4 is 17.7 Å². The van der Waals surface area contributed by atoms with Gasteiger partial charge in [0, 0.05) is 11.0 Å². The highest BCUT2D eigenvalue weighted by Crippen LogP contribution is 2.22. The number of carbonyl (C=O) groups is 1. The molecule has 0 aromatic heterocycles. The molecule has 0 amide bonds. The number of aliphatic hydroxyl groups excluding tert-OH is 1. The van der Waals surface area contributed by atoms with Gasteiger partial charge in [-0.2, -0.15) is 11.8 Å². The van der Waals surface area contributed by atoms with Crippen LogP contribution in [0.5, 0.6) is 0 Å². The first-order valence-corrected chi connectivity index (χ1v) is 6.57. The number of hydrogen-bond acceptors (Lipinski definition) is 4. The third-order valence-corrected chi connectivity index (χ3v) is 4.00. The van der Waals surface area contributed by atoms with Crippen LogP contribution in [0.25, 0.3) is 0 Å². The van der Waals surface area contributed by atoms with Crippen LogP contribution in [-0.2, 0) is 10.5 Å². The topological polar surface area (TPSA) is 46.5 Å². The second-order valence-electron chi connectivity index (χ2n) is 3.91. The smallest absolute Gasteiger partial charge is 0.338 e. The summed E-state index contributed by atoms with van der Waals surface area (Å²) in [6.45, 7) is 3.74. The lowest BCUT2D eigenvalue weighted by molar-refractivity contribution is 0.0600. The van der Waals surface area contributed by atoms with Gasteiger partial charge in [-0.25, -0.2) is 4.79 Å². The quantitative estimate of drug-likeness (QED) is 0.820. The molecule has 0 bridgehead atoms. The van der Waals surface area contributed by atoms with Gasteiger partial charge in [-0.1, -0.05) is 25.1 Å². The Hall–Kier alpha value is -1.00. The maximum atomic E-state index is 11.5. The van der Waals surface area contributed by atoms with Gasteiger partial charge in [-0.05, 0) is 18.6 Å². The lowest BCUT2D eigenvalue weighted by Crippen LogP contribution is -2.15. The molecular weight excluding hydrogens is 236 g/mol. The van der Waals surface area contributed by atoms with E-state index in [1.54, 1.807) is 24.8 Å². The largest absolute Gasteiger partial charge is 0.465 e. The highest BCUT2D eigenvalue weighted by Gasteiger charge is 2.14. The summed E-state index contributed by atoms with van der Waals surface area (Å²) < 4.78 is 4.73. The number of benzene rings is 1. The predicted molar refractivity (Wildman–Crippen MR) is 70.2 cm³/mol. The molecule has 1 rings (SSSR count). The molecule has 1 N–H and O–H groups in total. The molecule has 0 heterocycles. The molecule has 17 heavy (non-hydrogen) atoms. The third kappa shape index (κ3) is 4.06. The third-order valence-electron chi connectivity index (χ3n) is 2.60. The molecule has 4 heteroatoms. The summed E-state index contributed by atoms with van der Waals surface area (Å²) in [6.07, 6.45) is -0.356. The van der Waals surface area contributed by atoms with Gasteiger partial charge < -0.3 is 9.84 Å². The van der Waals surface area contributed by atoms with Gasteiger partial charge >= 0.3 is 5.97 Å². The molecule has 0 saturated carbocycles. The number of methoxy groups -OCH3 is 1. The van der Waals surface area contributed by atoms with E-state index in [-0.39, 0.29) is 17.3 Å². The molecule has 2 unspecified atom stereocenters. The van der Waals surface area contributed by atoms with Gasteiger partial charge in [0.05, 0.1) is 18.8 Å². The summed E-state index contributed by atoms with van der Waals surface area (Å²) in [5.41, 5.74) is 1.54. The summed E-state index contributed by atoms with van der Waals surface area (Å²) >= 11 is 1.62. The zero-order valence-corrected chi connectivity index (χ0v) is 11.2. The van der Waals surface area contributed by atoms with E-state index in [0.29, 0.717) is 11.3 Å². The van der Waals surface area contributed by atoms with Gasteiger partial charge in [0.2, 0.25) is 0 Å². The van der Waals surface area contributed by atoms with Gasteiger partial charge in [0.25, 0.3) is 0 Å². The molecule has 2 atom stereocenters. The summed E-state index contributed by atoms with van der Waals surface area (Å²) in [5.74, 6) is 0.378. The van der Waals surface area contributed by atoms with Gasteiger partial charge in [0.15, 0.2) is 0 Å². The van der Waals surface area contributed by atoms with E-state index in [9.17, 15) is 9.90 Å². The maximum absolute atomic E-state index is 11.5. The Morgan fingerprint density at radius 3 is 2.65 bits per heavy atom. The molecule has 1 aromatic carbocycles. The van der Waals surface area contributed by atoms with Crippen molar-refractivity contribution in [2.75, 3.05) is 7.11 Å². The van der Waals surface area contributed by atoms with Crippen molar-refractivity contribution in [3.05, 3.63) is 35.4 Å². The van der Waals surface area contributed by atoms with E-state index in [1.165, 1.54) is 7.11 Å². The lowest BCUT2D eigenvalue weighted by atomic mass is 10.1. The number of ether oxygens (including phenoxy) is 1. The molecule has 0 fully saturated rings. The summed E-state index contributed by atoms with van der Waals surface area (Å²) in [6, 6.07) is 7.39. The van der Waals surface area contributed by atoms with Crippen LogP contribution >= 0.6 is 11.8 Å². The molecule has 0 radical (unpaired) electrons. The van der Waals surface area contributed by atoms with Crippen LogP contribution in [0.15, 0.2) is 24.3 Å². The standard InChI is InChI=1S/C13H18O3S/c1-9(14)10(2)17-8-11-6-4-5-7-12(11)13(15)16-3/h4-7,9-10,14H,8H2,1-3H3. The highest BCUT2D eigenvalue weighted by molar-refractivity contribution is 7.99. The Morgan fingerprint density at radius 2 is 2.06 bits per heavy atom. The van der Waals surface area contributed by atoms with Crippen molar-refractivity contribution in [3.8, 4) is 0 Å². The second-order valence-corrected chi connectivity index (χ2v) is 5.27. The van der Waals surface area contributed by atoms with Crippen LogP contribution in [0.3, 0.4) is 0 Å². The number of carbonyl (C=O) groups excluding carboxylic acids is 1. The minimum Gasteiger partial charge on any atom is -0.465 e. The van der Waals surface area contributed by atoms with E-state index in [4.69, 9.17) is 4.74 Å². The number of hydrogen-bond donors (Lipinski definition) is 1. The first kappa shape index (κ1) is 14.1. The Bertz CT molecular complexity index is 377. The van der Waals surface area contributed by atoms with Crippen molar-refractivity contribution in [2.45, 2.75) is 31.0 Å². The minimum absolute atomic E-state index is 0.140. The Morgan fingerprint density at radius 1 is 1.41 bits per heavy atom. The highest BCUT2D eigenvalue weighted by atomic mass is 32.2. The number of thioether (sulfide) groups is 1. The monoisotopic (exact) mass is 254 g/mol. The average molecular weight is 254 g/mol. The van der Waals surface area contributed by atoms with Gasteiger partial charge in [0.1, 0.15) is 0 Å². The Kier molecular flexibility index (Phi) is 5.51. The van der Waals surface area contributed by atoms with E-state index in [0.717, 1.165) is 5.56 Å². The summed E-state index contributed by atoms with van der Waals surface area (Å²) in [7, 11) is 1.38. The summed E-state index contributed by atoms with van der Waals surface area (Å²) in [4.78, 5) is 11.5. The van der Waals surface area contributed by atoms with Crippen LogP contribution in [0, 0.1) is 0 Å². The zero-order valence-electron chi connectivity index (χ0n) is 10.3. The Balaban J connectivity index is 2.74. The van der Waals surface area contributed by atoms with E-state index in [2.05, 4.69) is 0 Å². The van der Waals surface area contributed by atoms with Crippen molar-refractivity contribution in [1.29, 1.82) is 0 Å². The van der Waals surface area contributed by atoms with Crippen molar-refractivity contribution in [1.82, 2.24) is 0 Å². The fourth-order valence-corrected chi connectivity index (χ4v) is 2.29. The van der Waals surface area contributed by atoms with Crippen LogP contribution in [0.1, 0.15) is 29.8 Å². The number of rotatable bonds is 5. The molecule has 0 spiro atoms. The van der Waals surface area contributed by atoms with E-state index < -0.39 is 0 Å². The molecule has 94 valence electrons. The van der Waals surface area contributed by atoms with Crippen LogP contribution < -0.4 is 0 Å². The first-order valence-electron chi connectivity index (χ1n) is 5.52. The molecule has 0 saturated heterocycles. The first-order chi connectivity index (χ1) is 8.06. The van der Waals surface area contributed by atoms with Crippen LogP contribution in [0.2, 0.25) is 0 Å². The van der Waals surface area contributed by atoms with Crippen LogP contribution in [0.4, 0.5) is 0 Å². The number of aliphatic hydroxyl groups is 1. The van der Waals surface area contributed by atoms with E-state index >= 15 is 0 Å². The molecule has 0 aliphatic carbocycles. The fourth-order valence-electron chi connectivity index (χ4n) is 1.32. The molecular formula is C13H18O3S. The van der Waals surface area contributed by atoms with Gasteiger partial charge in [-0.3, -0.25) is 0 Å². The lowest BCUT2D eigenvalue weighted by Gasteiger charge is -2.15. The maximum Gasteiger partial charge on any atom is 0.338 e.